The molecular weight excluding hydrogens is 331 g/mol. The quantitative estimate of drug-likeness (QED) is 0.445. The predicted molar refractivity (Wildman–Crippen MR) is 72.0 cm³/mol. The molecule has 94 valence electrons. The van der Waals surface area contributed by atoms with E-state index in [-0.39, 0.29) is 23.7 Å². The van der Waals surface area contributed by atoms with Crippen LogP contribution >= 0.6 is 22.6 Å². The van der Waals surface area contributed by atoms with Crippen LogP contribution in [0.5, 0.6) is 0 Å². The van der Waals surface area contributed by atoms with Crippen molar-refractivity contribution in [1.29, 1.82) is 0 Å². The Morgan fingerprint density at radius 1 is 1.65 bits per heavy atom. The van der Waals surface area contributed by atoms with Gasteiger partial charge in [0.2, 0.25) is 0 Å². The third kappa shape index (κ3) is 1.79. The average molecular weight is 348 g/mol. The Balaban J connectivity index is 1.74. The Morgan fingerprint density at radius 3 is 3.06 bits per heavy atom. The van der Waals surface area contributed by atoms with E-state index in [9.17, 15) is 4.79 Å². The van der Waals surface area contributed by atoms with Gasteiger partial charge in [0.1, 0.15) is 0 Å². The van der Waals surface area contributed by atoms with Crippen LogP contribution in [0.15, 0.2) is 9.66 Å². The fraction of sp³-hybridized carbons (Fsp3) is 0.769. The van der Waals surface area contributed by atoms with Crippen molar-refractivity contribution in [2.45, 2.75) is 37.9 Å². The lowest BCUT2D eigenvalue weighted by atomic mass is 9.66. The van der Waals surface area contributed by atoms with Crippen molar-refractivity contribution in [1.82, 2.24) is 0 Å². The van der Waals surface area contributed by atoms with Crippen molar-refractivity contribution in [3.63, 3.8) is 0 Å². The van der Waals surface area contributed by atoms with Crippen LogP contribution in [0.1, 0.15) is 26.2 Å². The molecule has 1 aliphatic heterocycles. The molecule has 2 fully saturated rings. The molecule has 3 aliphatic carbocycles. The number of ketones is 1. The van der Waals surface area contributed by atoms with Gasteiger partial charge in [0, 0.05) is 12.5 Å². The number of hydrogen-bond donors (Lipinski definition) is 0. The first-order valence-corrected chi connectivity index (χ1v) is 7.44. The van der Waals surface area contributed by atoms with Crippen LogP contribution in [0.3, 0.4) is 0 Å². The maximum atomic E-state index is 12.3. The molecule has 3 nitrogen and oxygen atoms in total. The molecule has 0 radical (unpaired) electrons. The maximum Gasteiger partial charge on any atom is 0.177 e. The third-order valence-corrected chi connectivity index (χ3v) is 5.22. The number of carbonyl (C=O) groups excluding carboxylic acids is 1. The molecular formula is C13H17IO3. The van der Waals surface area contributed by atoms with Gasteiger partial charge in [-0.15, -0.1) is 0 Å². The number of fused-ring (bicyclic) bond motifs is 1. The number of halogens is 1. The normalized spacial score (nSPS) is 43.1. The lowest BCUT2D eigenvalue weighted by Gasteiger charge is -2.42. The van der Waals surface area contributed by atoms with Crippen LogP contribution in [0.2, 0.25) is 0 Å². The summed E-state index contributed by atoms with van der Waals surface area (Å²) in [6, 6.07) is 0. The third-order valence-electron chi connectivity index (χ3n) is 4.11. The fourth-order valence-electron chi connectivity index (χ4n) is 2.97. The van der Waals surface area contributed by atoms with Crippen molar-refractivity contribution < 1.29 is 14.3 Å². The highest BCUT2D eigenvalue weighted by Crippen LogP contribution is 2.55. The van der Waals surface area contributed by atoms with E-state index in [1.54, 1.807) is 0 Å². The highest BCUT2D eigenvalue weighted by atomic mass is 127. The minimum atomic E-state index is -0.444. The molecule has 1 spiro atoms. The van der Waals surface area contributed by atoms with E-state index in [1.807, 2.05) is 0 Å². The first-order chi connectivity index (χ1) is 8.19. The number of epoxide rings is 1. The summed E-state index contributed by atoms with van der Waals surface area (Å²) >= 11 is 2.35. The molecule has 0 unspecified atom stereocenters. The second-order valence-corrected chi connectivity index (χ2v) is 6.42. The van der Waals surface area contributed by atoms with Crippen LogP contribution in [0.4, 0.5) is 0 Å². The molecule has 4 rings (SSSR count). The number of carbonyl (C=O) groups is 1. The molecule has 0 N–H and O–H groups in total. The van der Waals surface area contributed by atoms with Gasteiger partial charge in [0.15, 0.2) is 11.4 Å². The standard InChI is InChI=1S/C13H17IO3/c1-2-3-4-16-11-6-9-10(14)5-8(11)12(15)13(9)7-17-13/h5,8-9,11H,2-4,6-7H2,1H3/t8-,9-,11-,13-/m0/s1. The summed E-state index contributed by atoms with van der Waals surface area (Å²) in [5.74, 6) is 0.453. The van der Waals surface area contributed by atoms with Gasteiger partial charge < -0.3 is 9.47 Å². The summed E-state index contributed by atoms with van der Waals surface area (Å²) in [5.41, 5.74) is -0.444. The van der Waals surface area contributed by atoms with Gasteiger partial charge in [-0.05, 0) is 39.0 Å². The van der Waals surface area contributed by atoms with E-state index < -0.39 is 5.60 Å². The zero-order valence-corrected chi connectivity index (χ0v) is 12.1. The number of hydrogen-bond acceptors (Lipinski definition) is 3. The van der Waals surface area contributed by atoms with Gasteiger partial charge in [-0.1, -0.05) is 19.4 Å². The van der Waals surface area contributed by atoms with Gasteiger partial charge in [-0.3, -0.25) is 4.79 Å². The molecule has 17 heavy (non-hydrogen) atoms. The minimum Gasteiger partial charge on any atom is -0.377 e. The van der Waals surface area contributed by atoms with Gasteiger partial charge in [-0.2, -0.15) is 0 Å². The monoisotopic (exact) mass is 348 g/mol. The Morgan fingerprint density at radius 2 is 2.41 bits per heavy atom. The summed E-state index contributed by atoms with van der Waals surface area (Å²) in [7, 11) is 0. The molecule has 4 aliphatic rings. The van der Waals surface area contributed by atoms with Crippen molar-refractivity contribution >= 4 is 28.4 Å². The summed E-state index contributed by atoms with van der Waals surface area (Å²) in [6.07, 6.45) is 5.35. The van der Waals surface area contributed by atoms with Crippen LogP contribution < -0.4 is 0 Å². The highest BCUT2D eigenvalue weighted by molar-refractivity contribution is 14.1. The van der Waals surface area contributed by atoms with E-state index >= 15 is 0 Å². The number of unbranched alkanes of at least 4 members (excludes halogenated alkanes) is 1. The Bertz CT molecular complexity index is 373. The van der Waals surface area contributed by atoms with E-state index in [1.165, 1.54) is 3.58 Å². The van der Waals surface area contributed by atoms with Crippen LogP contribution in [-0.2, 0) is 14.3 Å². The summed E-state index contributed by atoms with van der Waals surface area (Å²) in [4.78, 5) is 12.3. The lowest BCUT2D eigenvalue weighted by Crippen LogP contribution is -2.53. The summed E-state index contributed by atoms with van der Waals surface area (Å²) in [5, 5.41) is 0. The van der Waals surface area contributed by atoms with E-state index in [2.05, 4.69) is 35.6 Å². The van der Waals surface area contributed by atoms with E-state index in [4.69, 9.17) is 9.47 Å². The maximum absolute atomic E-state index is 12.3. The Hall–Kier alpha value is 0.0600. The number of Topliss-reactive ketones (excluding diaryl/α,β-unsaturated/α-hetero) is 1. The largest absolute Gasteiger partial charge is 0.377 e. The van der Waals surface area contributed by atoms with Crippen molar-refractivity contribution in [3.05, 3.63) is 9.66 Å². The number of ether oxygens (including phenoxy) is 2. The van der Waals surface area contributed by atoms with Gasteiger partial charge in [-0.25, -0.2) is 0 Å². The molecule has 0 aromatic rings. The Labute approximate surface area is 115 Å². The second kappa shape index (κ2) is 4.31. The van der Waals surface area contributed by atoms with Crippen molar-refractivity contribution in [2.24, 2.45) is 11.8 Å². The van der Waals surface area contributed by atoms with Crippen LogP contribution in [-0.4, -0.2) is 30.7 Å². The Kier molecular flexibility index (Phi) is 3.07. The van der Waals surface area contributed by atoms with Gasteiger partial charge in [0.25, 0.3) is 0 Å². The molecule has 0 amide bonds. The SMILES string of the molecule is CCCCO[C@H]1C[C@H]2C(I)=C[C@@H]1C(=O)[C@]21CO1. The second-order valence-electron chi connectivity index (χ2n) is 5.17. The molecule has 1 saturated heterocycles. The lowest BCUT2D eigenvalue weighted by molar-refractivity contribution is -0.140. The predicted octanol–water partition coefficient (Wildman–Crippen LogP) is 2.48. The topological polar surface area (TPSA) is 38.8 Å². The fourth-order valence-corrected chi connectivity index (χ4v) is 4.11. The van der Waals surface area contributed by atoms with E-state index in [0.717, 1.165) is 25.9 Å². The zero-order valence-electron chi connectivity index (χ0n) is 9.95. The molecule has 2 bridgehead atoms. The van der Waals surface area contributed by atoms with E-state index in [0.29, 0.717) is 6.61 Å². The average Bonchev–Trinajstić information content (AvgIpc) is 3.09. The van der Waals surface area contributed by atoms with Crippen molar-refractivity contribution in [2.75, 3.05) is 13.2 Å². The molecule has 0 aromatic carbocycles. The van der Waals surface area contributed by atoms with Gasteiger partial charge in [0.05, 0.1) is 18.6 Å². The molecule has 1 saturated carbocycles. The molecule has 4 heteroatoms. The first kappa shape index (κ1) is 12.1. The molecule has 1 heterocycles. The smallest absolute Gasteiger partial charge is 0.177 e. The summed E-state index contributed by atoms with van der Waals surface area (Å²) in [6.45, 7) is 3.54. The summed E-state index contributed by atoms with van der Waals surface area (Å²) < 4.78 is 12.6. The first-order valence-electron chi connectivity index (χ1n) is 6.36. The molecule has 4 atom stereocenters. The van der Waals surface area contributed by atoms with Crippen LogP contribution in [0.25, 0.3) is 0 Å². The number of rotatable bonds is 4. The minimum absolute atomic E-state index is 0.0637. The van der Waals surface area contributed by atoms with Crippen LogP contribution in [0, 0.1) is 11.8 Å². The van der Waals surface area contributed by atoms with Crippen molar-refractivity contribution in [3.8, 4) is 0 Å². The van der Waals surface area contributed by atoms with Gasteiger partial charge >= 0.3 is 0 Å². The zero-order chi connectivity index (χ0) is 12.0. The molecule has 0 aromatic heterocycles. The highest BCUT2D eigenvalue weighted by Gasteiger charge is 2.66.